The summed E-state index contributed by atoms with van der Waals surface area (Å²) < 4.78 is 1.67. The van der Waals surface area contributed by atoms with Crippen LogP contribution in [0.3, 0.4) is 0 Å². The standard InChI is InChI=1S/C11H15N5O/c1-8-9(6-12)11(15(3)13-8)16-5-4-14(2)10(17)7-16/h4-5,7H2,1-3H3. The fourth-order valence-electron chi connectivity index (χ4n) is 2.08. The number of rotatable bonds is 1. The monoisotopic (exact) mass is 233 g/mol. The maximum atomic E-state index is 11.7. The van der Waals surface area contributed by atoms with Gasteiger partial charge < -0.3 is 9.80 Å². The van der Waals surface area contributed by atoms with Gasteiger partial charge in [0.1, 0.15) is 17.5 Å². The normalized spacial score (nSPS) is 16.2. The van der Waals surface area contributed by atoms with Crippen LogP contribution < -0.4 is 4.90 Å². The molecule has 0 radical (unpaired) electrons. The van der Waals surface area contributed by atoms with Crippen molar-refractivity contribution < 1.29 is 4.79 Å². The van der Waals surface area contributed by atoms with Crippen molar-refractivity contribution in [2.45, 2.75) is 6.92 Å². The molecular formula is C11H15N5O. The highest BCUT2D eigenvalue weighted by Gasteiger charge is 2.26. The second kappa shape index (κ2) is 4.09. The van der Waals surface area contributed by atoms with E-state index in [1.807, 2.05) is 4.90 Å². The third-order valence-corrected chi connectivity index (χ3v) is 3.06. The van der Waals surface area contributed by atoms with Gasteiger partial charge in [-0.15, -0.1) is 0 Å². The molecule has 0 aromatic carbocycles. The van der Waals surface area contributed by atoms with E-state index in [0.29, 0.717) is 24.3 Å². The average molecular weight is 233 g/mol. The fraction of sp³-hybridized carbons (Fsp3) is 0.545. The first-order chi connectivity index (χ1) is 8.04. The molecule has 1 aliphatic rings. The Hall–Kier alpha value is -2.03. The summed E-state index contributed by atoms with van der Waals surface area (Å²) in [5, 5.41) is 13.4. The van der Waals surface area contributed by atoms with Crippen molar-refractivity contribution in [1.82, 2.24) is 14.7 Å². The third-order valence-electron chi connectivity index (χ3n) is 3.06. The Morgan fingerprint density at radius 3 is 2.65 bits per heavy atom. The predicted octanol–water partition coefficient (Wildman–Crippen LogP) is -0.121. The molecule has 0 aliphatic carbocycles. The lowest BCUT2D eigenvalue weighted by Gasteiger charge is -2.33. The van der Waals surface area contributed by atoms with E-state index in [1.54, 1.807) is 30.6 Å². The van der Waals surface area contributed by atoms with Gasteiger partial charge in [-0.2, -0.15) is 10.4 Å². The molecule has 1 aliphatic heterocycles. The van der Waals surface area contributed by atoms with Crippen molar-refractivity contribution in [3.8, 4) is 6.07 Å². The van der Waals surface area contributed by atoms with Crippen molar-refractivity contribution in [2.24, 2.45) is 7.05 Å². The number of amides is 1. The lowest BCUT2D eigenvalue weighted by Crippen LogP contribution is -2.49. The molecular weight excluding hydrogens is 218 g/mol. The van der Waals surface area contributed by atoms with Crippen LogP contribution in [0.4, 0.5) is 5.82 Å². The van der Waals surface area contributed by atoms with Gasteiger partial charge in [0, 0.05) is 27.2 Å². The maximum Gasteiger partial charge on any atom is 0.241 e. The molecule has 6 nitrogen and oxygen atoms in total. The minimum Gasteiger partial charge on any atom is -0.345 e. The fourth-order valence-corrected chi connectivity index (χ4v) is 2.08. The summed E-state index contributed by atoms with van der Waals surface area (Å²) in [4.78, 5) is 15.3. The van der Waals surface area contributed by atoms with Crippen LogP contribution in [-0.4, -0.2) is 47.3 Å². The number of nitrogens with zero attached hydrogens (tertiary/aromatic N) is 5. The van der Waals surface area contributed by atoms with E-state index in [1.165, 1.54) is 0 Å². The smallest absolute Gasteiger partial charge is 0.241 e. The Bertz CT molecular complexity index is 499. The summed E-state index contributed by atoms with van der Waals surface area (Å²) in [6.45, 7) is 3.52. The molecule has 0 bridgehead atoms. The van der Waals surface area contributed by atoms with Crippen LogP contribution in [-0.2, 0) is 11.8 Å². The Morgan fingerprint density at radius 1 is 1.35 bits per heavy atom. The van der Waals surface area contributed by atoms with E-state index in [2.05, 4.69) is 11.2 Å². The summed E-state index contributed by atoms with van der Waals surface area (Å²) in [6.07, 6.45) is 0. The van der Waals surface area contributed by atoms with Gasteiger partial charge in [-0.1, -0.05) is 0 Å². The zero-order chi connectivity index (χ0) is 12.6. The number of hydrogen-bond donors (Lipinski definition) is 0. The van der Waals surface area contributed by atoms with E-state index in [9.17, 15) is 4.79 Å². The van der Waals surface area contributed by atoms with Crippen LogP contribution in [0.15, 0.2) is 0 Å². The number of aryl methyl sites for hydroxylation is 2. The largest absolute Gasteiger partial charge is 0.345 e. The Morgan fingerprint density at radius 2 is 2.06 bits per heavy atom. The van der Waals surface area contributed by atoms with Crippen molar-refractivity contribution in [3.05, 3.63) is 11.3 Å². The van der Waals surface area contributed by atoms with E-state index in [4.69, 9.17) is 5.26 Å². The van der Waals surface area contributed by atoms with Crippen molar-refractivity contribution in [1.29, 1.82) is 5.26 Å². The number of likely N-dealkylation sites (N-methyl/N-ethyl adjacent to an activating group) is 1. The van der Waals surface area contributed by atoms with Gasteiger partial charge in [0.25, 0.3) is 0 Å². The summed E-state index contributed by atoms with van der Waals surface area (Å²) in [5.74, 6) is 0.811. The van der Waals surface area contributed by atoms with Crippen LogP contribution >= 0.6 is 0 Å². The number of aromatic nitrogens is 2. The number of piperazine rings is 1. The number of nitriles is 1. The number of anilines is 1. The van der Waals surface area contributed by atoms with Crippen LogP contribution in [0.1, 0.15) is 11.3 Å². The minimum absolute atomic E-state index is 0.0685. The lowest BCUT2D eigenvalue weighted by atomic mass is 10.2. The lowest BCUT2D eigenvalue weighted by molar-refractivity contribution is -0.129. The third kappa shape index (κ3) is 1.84. The molecule has 0 atom stereocenters. The molecule has 0 saturated carbocycles. The van der Waals surface area contributed by atoms with E-state index >= 15 is 0 Å². The quantitative estimate of drug-likeness (QED) is 0.678. The first kappa shape index (κ1) is 11.5. The van der Waals surface area contributed by atoms with Crippen LogP contribution in [0.2, 0.25) is 0 Å². The summed E-state index contributed by atoms with van der Waals surface area (Å²) in [5.41, 5.74) is 1.27. The molecule has 90 valence electrons. The highest BCUT2D eigenvalue weighted by atomic mass is 16.2. The first-order valence-corrected chi connectivity index (χ1v) is 5.47. The van der Waals surface area contributed by atoms with Gasteiger partial charge in [0.05, 0.1) is 12.2 Å². The molecule has 0 unspecified atom stereocenters. The van der Waals surface area contributed by atoms with Crippen LogP contribution in [0.25, 0.3) is 0 Å². The number of carbonyl (C=O) groups is 1. The van der Waals surface area contributed by atoms with Gasteiger partial charge in [0.15, 0.2) is 0 Å². The van der Waals surface area contributed by atoms with E-state index in [0.717, 1.165) is 12.4 Å². The van der Waals surface area contributed by atoms with E-state index < -0.39 is 0 Å². The minimum atomic E-state index is 0.0685. The molecule has 6 heteroatoms. The molecule has 2 rings (SSSR count). The molecule has 0 spiro atoms. The highest BCUT2D eigenvalue weighted by Crippen LogP contribution is 2.23. The van der Waals surface area contributed by atoms with Gasteiger partial charge in [-0.05, 0) is 6.92 Å². The second-order valence-corrected chi connectivity index (χ2v) is 4.26. The molecule has 0 N–H and O–H groups in total. The van der Waals surface area contributed by atoms with Crippen LogP contribution in [0.5, 0.6) is 0 Å². The van der Waals surface area contributed by atoms with E-state index in [-0.39, 0.29) is 5.91 Å². The van der Waals surface area contributed by atoms with Gasteiger partial charge in [0.2, 0.25) is 5.91 Å². The van der Waals surface area contributed by atoms with Crippen LogP contribution in [0, 0.1) is 18.3 Å². The van der Waals surface area contributed by atoms with Crippen molar-refractivity contribution in [3.63, 3.8) is 0 Å². The van der Waals surface area contributed by atoms with Gasteiger partial charge >= 0.3 is 0 Å². The highest BCUT2D eigenvalue weighted by molar-refractivity contribution is 5.82. The average Bonchev–Trinajstić information content (AvgIpc) is 2.57. The maximum absolute atomic E-state index is 11.7. The summed E-state index contributed by atoms with van der Waals surface area (Å²) in [7, 11) is 3.59. The molecule has 1 aromatic rings. The van der Waals surface area contributed by atoms with Gasteiger partial charge in [-0.25, -0.2) is 0 Å². The SMILES string of the molecule is Cc1nn(C)c(N2CCN(C)C(=O)C2)c1C#N. The summed E-state index contributed by atoms with van der Waals surface area (Å²) >= 11 is 0. The topological polar surface area (TPSA) is 65.2 Å². The van der Waals surface area contributed by atoms with Gasteiger partial charge in [-0.3, -0.25) is 9.48 Å². The zero-order valence-corrected chi connectivity index (χ0v) is 10.3. The molecule has 1 amide bonds. The Kier molecular flexibility index (Phi) is 2.76. The van der Waals surface area contributed by atoms with Crippen molar-refractivity contribution in [2.75, 3.05) is 31.6 Å². The Labute approximate surface area is 100 Å². The van der Waals surface area contributed by atoms with Crippen molar-refractivity contribution >= 4 is 11.7 Å². The zero-order valence-electron chi connectivity index (χ0n) is 10.3. The first-order valence-electron chi connectivity index (χ1n) is 5.47. The molecule has 1 saturated heterocycles. The molecule has 2 heterocycles. The Balaban J connectivity index is 2.35. The predicted molar refractivity (Wildman–Crippen MR) is 62.5 cm³/mol. The summed E-state index contributed by atoms with van der Waals surface area (Å²) in [6, 6.07) is 2.16. The molecule has 1 aromatic heterocycles. The number of hydrogen-bond acceptors (Lipinski definition) is 4. The second-order valence-electron chi connectivity index (χ2n) is 4.26. The molecule has 1 fully saturated rings. The number of carbonyl (C=O) groups excluding carboxylic acids is 1. The molecule has 17 heavy (non-hydrogen) atoms.